The van der Waals surface area contributed by atoms with Gasteiger partial charge in [-0.05, 0) is 42.8 Å². The number of nitrogens with two attached hydrogens (primary N) is 1. The van der Waals surface area contributed by atoms with Crippen molar-refractivity contribution in [2.24, 2.45) is 5.73 Å². The summed E-state index contributed by atoms with van der Waals surface area (Å²) in [6, 6.07) is 14.3. The molecule has 2 N–H and O–H groups in total. The lowest BCUT2D eigenvalue weighted by Crippen LogP contribution is -2.05. The average Bonchev–Trinajstić information content (AvgIpc) is 2.52. The molecule has 22 heavy (non-hydrogen) atoms. The molecular formula is C18H19NO2S. The quantitative estimate of drug-likeness (QED) is 0.652. The third kappa shape index (κ3) is 4.67. The Morgan fingerprint density at radius 1 is 1.23 bits per heavy atom. The van der Waals surface area contributed by atoms with Crippen LogP contribution in [0.3, 0.4) is 0 Å². The van der Waals surface area contributed by atoms with Crippen molar-refractivity contribution < 1.29 is 9.53 Å². The van der Waals surface area contributed by atoms with E-state index in [2.05, 4.69) is 31.2 Å². The number of hydrogen-bond acceptors (Lipinski definition) is 3. The minimum Gasteiger partial charge on any atom is -0.496 e. The number of ether oxygens (including phenoxy) is 1. The average molecular weight is 313 g/mol. The number of carbonyl (C=O) groups excluding carboxylic acids is 1. The first-order valence-corrected chi connectivity index (χ1v) is 7.91. The third-order valence-electron chi connectivity index (χ3n) is 3.16. The molecule has 0 aliphatic carbocycles. The van der Waals surface area contributed by atoms with Crippen LogP contribution < -0.4 is 10.5 Å². The number of benzene rings is 2. The van der Waals surface area contributed by atoms with Crippen molar-refractivity contribution in [3.05, 3.63) is 65.2 Å². The van der Waals surface area contributed by atoms with E-state index in [4.69, 9.17) is 10.5 Å². The fourth-order valence-electron chi connectivity index (χ4n) is 1.99. The number of methoxy groups -OCH3 is 1. The summed E-state index contributed by atoms with van der Waals surface area (Å²) in [6.07, 6.45) is 3.07. The Hall–Kier alpha value is -2.20. The summed E-state index contributed by atoms with van der Waals surface area (Å²) in [6.45, 7) is 2.08. The number of thioether (sulfide) groups is 1. The van der Waals surface area contributed by atoms with Gasteiger partial charge in [-0.3, -0.25) is 4.79 Å². The molecule has 0 heterocycles. The monoisotopic (exact) mass is 313 g/mol. The van der Waals surface area contributed by atoms with Gasteiger partial charge in [0.05, 0.1) is 7.11 Å². The SMILES string of the molecule is COc1ccc(/C=C\C(N)=O)cc1CSc1ccc(C)cc1. The van der Waals surface area contributed by atoms with Crippen molar-refractivity contribution >= 4 is 23.7 Å². The van der Waals surface area contributed by atoms with Crippen LogP contribution in [0.5, 0.6) is 5.75 Å². The highest BCUT2D eigenvalue weighted by molar-refractivity contribution is 7.98. The molecule has 0 unspecified atom stereocenters. The van der Waals surface area contributed by atoms with Crippen LogP contribution in [0.4, 0.5) is 0 Å². The van der Waals surface area contributed by atoms with Gasteiger partial charge in [-0.1, -0.05) is 23.8 Å². The molecule has 114 valence electrons. The first-order valence-electron chi connectivity index (χ1n) is 6.92. The molecule has 3 nitrogen and oxygen atoms in total. The van der Waals surface area contributed by atoms with E-state index in [9.17, 15) is 4.79 Å². The fourth-order valence-corrected chi connectivity index (χ4v) is 2.87. The Morgan fingerprint density at radius 3 is 2.59 bits per heavy atom. The number of amides is 1. The summed E-state index contributed by atoms with van der Waals surface area (Å²) >= 11 is 1.75. The molecule has 2 rings (SSSR count). The molecule has 0 atom stereocenters. The van der Waals surface area contributed by atoms with Crippen LogP contribution >= 0.6 is 11.8 Å². The molecule has 0 aliphatic rings. The molecule has 0 aliphatic heterocycles. The van der Waals surface area contributed by atoms with E-state index < -0.39 is 5.91 Å². The van der Waals surface area contributed by atoms with Crippen LogP contribution in [0, 0.1) is 6.92 Å². The van der Waals surface area contributed by atoms with Crippen molar-refractivity contribution in [3.63, 3.8) is 0 Å². The van der Waals surface area contributed by atoms with Gasteiger partial charge >= 0.3 is 0 Å². The maximum Gasteiger partial charge on any atom is 0.241 e. The molecule has 0 saturated heterocycles. The number of rotatable bonds is 6. The minimum absolute atomic E-state index is 0.452. The summed E-state index contributed by atoms with van der Waals surface area (Å²) in [5.41, 5.74) is 8.39. The molecule has 2 aromatic rings. The Kier molecular flexibility index (Phi) is 5.67. The summed E-state index contributed by atoms with van der Waals surface area (Å²) in [5, 5.41) is 0. The highest BCUT2D eigenvalue weighted by Gasteiger charge is 2.05. The second-order valence-corrected chi connectivity index (χ2v) is 5.96. The normalized spacial score (nSPS) is 10.8. The van der Waals surface area contributed by atoms with E-state index in [1.165, 1.54) is 16.5 Å². The highest BCUT2D eigenvalue weighted by atomic mass is 32.2. The van der Waals surface area contributed by atoms with E-state index in [0.29, 0.717) is 0 Å². The molecule has 0 spiro atoms. The van der Waals surface area contributed by atoms with Crippen LogP contribution in [0.1, 0.15) is 16.7 Å². The second kappa shape index (κ2) is 7.71. The van der Waals surface area contributed by atoms with Gasteiger partial charge in [0.25, 0.3) is 0 Å². The van der Waals surface area contributed by atoms with Gasteiger partial charge in [-0.15, -0.1) is 11.8 Å². The fraction of sp³-hybridized carbons (Fsp3) is 0.167. The van der Waals surface area contributed by atoms with E-state index in [-0.39, 0.29) is 0 Å². The topological polar surface area (TPSA) is 52.3 Å². The van der Waals surface area contributed by atoms with Gasteiger partial charge in [0.2, 0.25) is 5.91 Å². The molecule has 4 heteroatoms. The van der Waals surface area contributed by atoms with Crippen LogP contribution in [0.15, 0.2) is 53.4 Å². The Bertz CT molecular complexity index is 678. The molecule has 1 amide bonds. The maximum atomic E-state index is 10.8. The standard InChI is InChI=1S/C18H19NO2S/c1-13-3-7-16(8-4-13)22-12-15-11-14(6-10-18(19)20)5-9-17(15)21-2/h3-11H,12H2,1-2H3,(H2,19,20)/b10-6-. The minimum atomic E-state index is -0.452. The second-order valence-electron chi connectivity index (χ2n) is 4.91. The van der Waals surface area contributed by atoms with Gasteiger partial charge in [-0.25, -0.2) is 0 Å². The summed E-state index contributed by atoms with van der Waals surface area (Å²) in [5.74, 6) is 1.19. The molecular weight excluding hydrogens is 294 g/mol. The predicted octanol–water partition coefficient (Wildman–Crippen LogP) is 3.79. The van der Waals surface area contributed by atoms with Crippen molar-refractivity contribution in [3.8, 4) is 5.75 Å². The number of primary amides is 1. The van der Waals surface area contributed by atoms with Crippen LogP contribution in [0.25, 0.3) is 6.08 Å². The van der Waals surface area contributed by atoms with E-state index >= 15 is 0 Å². The maximum absolute atomic E-state index is 10.8. The molecule has 0 bridgehead atoms. The lowest BCUT2D eigenvalue weighted by Gasteiger charge is -2.09. The van der Waals surface area contributed by atoms with Gasteiger partial charge in [0.1, 0.15) is 5.75 Å². The van der Waals surface area contributed by atoms with Gasteiger partial charge in [-0.2, -0.15) is 0 Å². The van der Waals surface area contributed by atoms with Gasteiger partial charge in [0, 0.05) is 22.3 Å². The van der Waals surface area contributed by atoms with Crippen LogP contribution in [-0.2, 0) is 10.5 Å². The first kappa shape index (κ1) is 16.2. The van der Waals surface area contributed by atoms with E-state index in [1.807, 2.05) is 18.2 Å². The first-order chi connectivity index (χ1) is 10.6. The molecule has 0 aromatic heterocycles. The third-order valence-corrected chi connectivity index (χ3v) is 4.22. The Morgan fingerprint density at radius 2 is 1.95 bits per heavy atom. The van der Waals surface area contributed by atoms with Crippen molar-refractivity contribution in [2.75, 3.05) is 7.11 Å². The van der Waals surface area contributed by atoms with E-state index in [0.717, 1.165) is 22.6 Å². The lowest BCUT2D eigenvalue weighted by atomic mass is 10.1. The number of hydrogen-bond donors (Lipinski definition) is 1. The largest absolute Gasteiger partial charge is 0.496 e. The Labute approximate surface area is 135 Å². The summed E-state index contributed by atoms with van der Waals surface area (Å²) in [4.78, 5) is 12.0. The molecule has 0 saturated carbocycles. The molecule has 0 radical (unpaired) electrons. The summed E-state index contributed by atoms with van der Waals surface area (Å²) in [7, 11) is 1.66. The number of carbonyl (C=O) groups is 1. The Balaban J connectivity index is 2.15. The van der Waals surface area contributed by atoms with Crippen molar-refractivity contribution in [2.45, 2.75) is 17.6 Å². The zero-order valence-electron chi connectivity index (χ0n) is 12.7. The van der Waals surface area contributed by atoms with Crippen LogP contribution in [-0.4, -0.2) is 13.0 Å². The summed E-state index contributed by atoms with van der Waals surface area (Å²) < 4.78 is 5.40. The molecule has 0 fully saturated rings. The zero-order chi connectivity index (χ0) is 15.9. The van der Waals surface area contributed by atoms with Gasteiger partial charge in [0.15, 0.2) is 0 Å². The van der Waals surface area contributed by atoms with Gasteiger partial charge < -0.3 is 10.5 Å². The lowest BCUT2D eigenvalue weighted by molar-refractivity contribution is -0.113. The predicted molar refractivity (Wildman–Crippen MR) is 92.0 cm³/mol. The van der Waals surface area contributed by atoms with Crippen molar-refractivity contribution in [1.29, 1.82) is 0 Å². The van der Waals surface area contributed by atoms with E-state index in [1.54, 1.807) is 24.9 Å². The molecule has 2 aromatic carbocycles. The number of aryl methyl sites for hydroxylation is 1. The van der Waals surface area contributed by atoms with Crippen LogP contribution in [0.2, 0.25) is 0 Å². The highest BCUT2D eigenvalue weighted by Crippen LogP contribution is 2.29. The zero-order valence-corrected chi connectivity index (χ0v) is 13.5. The van der Waals surface area contributed by atoms with Crippen molar-refractivity contribution in [1.82, 2.24) is 0 Å². The smallest absolute Gasteiger partial charge is 0.241 e.